The molecular formula is C12H16ClN3O3S. The lowest BCUT2D eigenvalue weighted by atomic mass is 10.3. The first kappa shape index (κ1) is 16.6. The highest BCUT2D eigenvalue weighted by atomic mass is 35.5. The first-order valence-corrected chi connectivity index (χ1v) is 6.89. The van der Waals surface area contributed by atoms with Gasteiger partial charge in [-0.2, -0.15) is 0 Å². The van der Waals surface area contributed by atoms with E-state index < -0.39 is 4.92 Å². The highest BCUT2D eigenvalue weighted by molar-refractivity contribution is 7.80. The SMILES string of the molecule is CCOCCCNC(=S)Nc1ccc(Cl)c([N+](=O)[O-])c1. The average molecular weight is 318 g/mol. The van der Waals surface area contributed by atoms with Crippen molar-refractivity contribution in [2.45, 2.75) is 13.3 Å². The van der Waals surface area contributed by atoms with Crippen LogP contribution in [-0.2, 0) is 4.74 Å². The topological polar surface area (TPSA) is 76.4 Å². The van der Waals surface area contributed by atoms with E-state index in [4.69, 9.17) is 28.6 Å². The molecule has 0 heterocycles. The van der Waals surface area contributed by atoms with Gasteiger partial charge < -0.3 is 15.4 Å². The summed E-state index contributed by atoms with van der Waals surface area (Å²) in [6.45, 7) is 3.96. The van der Waals surface area contributed by atoms with Crippen molar-refractivity contribution in [2.75, 3.05) is 25.1 Å². The van der Waals surface area contributed by atoms with Gasteiger partial charge in [0.05, 0.1) is 4.92 Å². The number of hydrogen-bond acceptors (Lipinski definition) is 4. The fourth-order valence-corrected chi connectivity index (χ4v) is 1.83. The third-order valence-electron chi connectivity index (χ3n) is 2.36. The summed E-state index contributed by atoms with van der Waals surface area (Å²) in [5.74, 6) is 0. The Morgan fingerprint density at radius 3 is 2.95 bits per heavy atom. The lowest BCUT2D eigenvalue weighted by Crippen LogP contribution is -2.29. The maximum absolute atomic E-state index is 10.8. The van der Waals surface area contributed by atoms with E-state index in [1.54, 1.807) is 6.07 Å². The maximum Gasteiger partial charge on any atom is 0.289 e. The van der Waals surface area contributed by atoms with Crippen LogP contribution < -0.4 is 10.6 Å². The van der Waals surface area contributed by atoms with Gasteiger partial charge in [-0.15, -0.1) is 0 Å². The molecule has 0 aromatic heterocycles. The molecule has 0 saturated heterocycles. The molecule has 0 atom stereocenters. The molecule has 2 N–H and O–H groups in total. The second-order valence-electron chi connectivity index (χ2n) is 3.85. The summed E-state index contributed by atoms with van der Waals surface area (Å²) < 4.78 is 5.20. The van der Waals surface area contributed by atoms with Crippen molar-refractivity contribution < 1.29 is 9.66 Å². The van der Waals surface area contributed by atoms with E-state index >= 15 is 0 Å². The predicted octanol–water partition coefficient (Wildman–Crippen LogP) is 2.96. The van der Waals surface area contributed by atoms with Crippen LogP contribution in [0.5, 0.6) is 0 Å². The molecule has 0 spiro atoms. The summed E-state index contributed by atoms with van der Waals surface area (Å²) in [5.41, 5.74) is 0.360. The molecule has 0 aliphatic heterocycles. The van der Waals surface area contributed by atoms with Gasteiger partial charge in [0.25, 0.3) is 5.69 Å². The second-order valence-corrected chi connectivity index (χ2v) is 4.67. The molecule has 0 bridgehead atoms. The number of rotatable bonds is 7. The Morgan fingerprint density at radius 1 is 1.55 bits per heavy atom. The molecule has 20 heavy (non-hydrogen) atoms. The van der Waals surface area contributed by atoms with E-state index in [0.29, 0.717) is 30.6 Å². The molecule has 8 heteroatoms. The van der Waals surface area contributed by atoms with Crippen molar-refractivity contribution in [2.24, 2.45) is 0 Å². The molecule has 0 amide bonds. The number of nitrogens with zero attached hydrogens (tertiary/aromatic N) is 1. The number of ether oxygens (including phenoxy) is 1. The molecule has 0 saturated carbocycles. The van der Waals surface area contributed by atoms with Crippen molar-refractivity contribution in [3.8, 4) is 0 Å². The van der Waals surface area contributed by atoms with Crippen LogP contribution in [0.2, 0.25) is 5.02 Å². The van der Waals surface area contributed by atoms with Crippen LogP contribution in [0.3, 0.4) is 0 Å². The quantitative estimate of drug-likeness (QED) is 0.348. The Labute approximate surface area is 127 Å². The second kappa shape index (κ2) is 8.68. The highest BCUT2D eigenvalue weighted by Gasteiger charge is 2.12. The predicted molar refractivity (Wildman–Crippen MR) is 83.4 cm³/mol. The number of nitro benzene ring substituents is 1. The van der Waals surface area contributed by atoms with Crippen molar-refractivity contribution in [1.29, 1.82) is 0 Å². The Morgan fingerprint density at radius 2 is 2.30 bits per heavy atom. The van der Waals surface area contributed by atoms with E-state index in [2.05, 4.69) is 10.6 Å². The zero-order valence-corrected chi connectivity index (χ0v) is 12.6. The summed E-state index contributed by atoms with van der Waals surface area (Å²) in [4.78, 5) is 10.2. The smallest absolute Gasteiger partial charge is 0.289 e. The van der Waals surface area contributed by atoms with Crippen molar-refractivity contribution in [3.05, 3.63) is 33.3 Å². The minimum Gasteiger partial charge on any atom is -0.382 e. The number of halogens is 1. The van der Waals surface area contributed by atoms with Gasteiger partial charge >= 0.3 is 0 Å². The first-order chi connectivity index (χ1) is 9.54. The van der Waals surface area contributed by atoms with Gasteiger partial charge in [-0.05, 0) is 37.7 Å². The summed E-state index contributed by atoms with van der Waals surface area (Å²) in [6.07, 6.45) is 0.830. The van der Waals surface area contributed by atoms with E-state index in [0.717, 1.165) is 6.42 Å². The van der Waals surface area contributed by atoms with Crippen LogP contribution in [0.25, 0.3) is 0 Å². The van der Waals surface area contributed by atoms with Gasteiger partial charge in [0.2, 0.25) is 0 Å². The zero-order chi connectivity index (χ0) is 15.0. The van der Waals surface area contributed by atoms with E-state index in [1.807, 2.05) is 6.92 Å². The summed E-state index contributed by atoms with van der Waals surface area (Å²) >= 11 is 10.8. The Hall–Kier alpha value is -1.44. The molecule has 110 valence electrons. The number of thiocarbonyl (C=S) groups is 1. The van der Waals surface area contributed by atoms with Crippen molar-refractivity contribution in [1.82, 2.24) is 5.32 Å². The molecule has 1 aromatic carbocycles. The third-order valence-corrected chi connectivity index (χ3v) is 2.92. The molecule has 0 fully saturated rings. The van der Waals surface area contributed by atoms with Gasteiger partial charge in [0.15, 0.2) is 5.11 Å². The lowest BCUT2D eigenvalue weighted by molar-refractivity contribution is -0.384. The molecule has 0 aliphatic rings. The van der Waals surface area contributed by atoms with E-state index in [-0.39, 0.29) is 10.7 Å². The molecule has 6 nitrogen and oxygen atoms in total. The number of hydrogen-bond donors (Lipinski definition) is 2. The number of nitrogens with one attached hydrogen (secondary N) is 2. The number of benzene rings is 1. The lowest BCUT2D eigenvalue weighted by Gasteiger charge is -2.10. The Balaban J connectivity index is 2.46. The fourth-order valence-electron chi connectivity index (χ4n) is 1.43. The van der Waals surface area contributed by atoms with Gasteiger partial charge in [0.1, 0.15) is 5.02 Å². The Bertz CT molecular complexity index is 485. The molecule has 0 unspecified atom stereocenters. The van der Waals surface area contributed by atoms with Crippen LogP contribution in [0.15, 0.2) is 18.2 Å². The zero-order valence-electron chi connectivity index (χ0n) is 11.0. The maximum atomic E-state index is 10.8. The standard InChI is InChI=1S/C12H16ClN3O3S/c1-2-19-7-3-6-14-12(20)15-9-4-5-10(13)11(8-9)16(17)18/h4-5,8H,2-3,6-7H2,1H3,(H2,14,15,20). The minimum absolute atomic E-state index is 0.0936. The van der Waals surface area contributed by atoms with Crippen LogP contribution in [0, 0.1) is 10.1 Å². The van der Waals surface area contributed by atoms with Gasteiger partial charge in [-0.3, -0.25) is 10.1 Å². The Kier molecular flexibility index (Phi) is 7.21. The van der Waals surface area contributed by atoms with Crippen LogP contribution in [0.4, 0.5) is 11.4 Å². The van der Waals surface area contributed by atoms with Crippen molar-refractivity contribution in [3.63, 3.8) is 0 Å². The van der Waals surface area contributed by atoms with Crippen LogP contribution in [-0.4, -0.2) is 29.8 Å². The van der Waals surface area contributed by atoms with E-state index in [9.17, 15) is 10.1 Å². The van der Waals surface area contributed by atoms with Crippen LogP contribution in [0.1, 0.15) is 13.3 Å². The molecule has 1 rings (SSSR count). The summed E-state index contributed by atoms with van der Waals surface area (Å²) in [7, 11) is 0. The normalized spacial score (nSPS) is 10.1. The van der Waals surface area contributed by atoms with Gasteiger partial charge in [-0.25, -0.2) is 0 Å². The third kappa shape index (κ3) is 5.68. The van der Waals surface area contributed by atoms with E-state index in [1.165, 1.54) is 12.1 Å². The number of anilines is 1. The first-order valence-electron chi connectivity index (χ1n) is 6.11. The van der Waals surface area contributed by atoms with Gasteiger partial charge in [-0.1, -0.05) is 11.6 Å². The molecule has 0 radical (unpaired) electrons. The average Bonchev–Trinajstić information content (AvgIpc) is 2.40. The van der Waals surface area contributed by atoms with Crippen LogP contribution >= 0.6 is 23.8 Å². The molecule has 1 aromatic rings. The highest BCUT2D eigenvalue weighted by Crippen LogP contribution is 2.27. The summed E-state index contributed by atoms with van der Waals surface area (Å²) in [5, 5.41) is 17.1. The monoisotopic (exact) mass is 317 g/mol. The molecular weight excluding hydrogens is 302 g/mol. The largest absolute Gasteiger partial charge is 0.382 e. The molecule has 0 aliphatic carbocycles. The van der Waals surface area contributed by atoms with Crippen molar-refractivity contribution >= 4 is 40.3 Å². The minimum atomic E-state index is -0.536. The number of nitro groups is 1. The summed E-state index contributed by atoms with van der Waals surface area (Å²) in [6, 6.07) is 4.43. The fraction of sp³-hybridized carbons (Fsp3) is 0.417. The van der Waals surface area contributed by atoms with Gasteiger partial charge in [0, 0.05) is 31.5 Å².